The second kappa shape index (κ2) is 7.06. The summed E-state index contributed by atoms with van der Waals surface area (Å²) in [5, 5.41) is 11.7. The zero-order chi connectivity index (χ0) is 17.9. The molecule has 0 saturated carbocycles. The Balaban J connectivity index is 1.64. The van der Waals surface area contributed by atoms with Gasteiger partial charge in [-0.05, 0) is 35.7 Å². The van der Waals surface area contributed by atoms with Gasteiger partial charge in [-0.1, -0.05) is 66.7 Å². The molecule has 0 radical (unpaired) electrons. The van der Waals surface area contributed by atoms with Crippen LogP contribution in [0.1, 0.15) is 24.4 Å². The Kier molecular flexibility index (Phi) is 4.46. The first kappa shape index (κ1) is 16.4. The van der Waals surface area contributed by atoms with Crippen LogP contribution < -0.4 is 4.74 Å². The number of hydrogen-bond donors (Lipinski definition) is 1. The monoisotopic (exact) mass is 344 g/mol. The molecule has 1 aromatic heterocycles. The van der Waals surface area contributed by atoms with Gasteiger partial charge in [-0.15, -0.1) is 0 Å². The lowest BCUT2D eigenvalue weighted by molar-refractivity contribution is 0.191. The van der Waals surface area contributed by atoms with Gasteiger partial charge in [0.05, 0.1) is 6.61 Å². The standard InChI is InChI=1S/C23H20O3/c1-2-25-20-10-6-9-19-15-21(26-23(19)20)22(24)18-13-11-17(12-14-18)16-7-4-3-5-8-16/h3-15,22,24H,2H2,1H3. The number of aliphatic hydroxyl groups is 1. The molecule has 0 spiro atoms. The maximum absolute atomic E-state index is 10.7. The lowest BCUT2D eigenvalue weighted by Crippen LogP contribution is -1.97. The highest BCUT2D eigenvalue weighted by molar-refractivity contribution is 5.83. The van der Waals surface area contributed by atoms with E-state index in [1.807, 2.05) is 73.7 Å². The van der Waals surface area contributed by atoms with Gasteiger partial charge in [0, 0.05) is 5.39 Å². The highest BCUT2D eigenvalue weighted by Crippen LogP contribution is 2.33. The van der Waals surface area contributed by atoms with Crippen molar-refractivity contribution in [1.29, 1.82) is 0 Å². The summed E-state index contributed by atoms with van der Waals surface area (Å²) >= 11 is 0. The van der Waals surface area contributed by atoms with Crippen LogP contribution in [-0.4, -0.2) is 11.7 Å². The summed E-state index contributed by atoms with van der Waals surface area (Å²) in [5.41, 5.74) is 3.73. The molecule has 26 heavy (non-hydrogen) atoms. The Hall–Kier alpha value is -3.04. The number of hydrogen-bond acceptors (Lipinski definition) is 3. The Morgan fingerprint density at radius 3 is 2.35 bits per heavy atom. The van der Waals surface area contributed by atoms with E-state index in [0.717, 1.165) is 22.1 Å². The topological polar surface area (TPSA) is 42.6 Å². The molecule has 0 aliphatic heterocycles. The molecule has 1 N–H and O–H groups in total. The minimum absolute atomic E-state index is 0.514. The van der Waals surface area contributed by atoms with Gasteiger partial charge in [-0.3, -0.25) is 0 Å². The van der Waals surface area contributed by atoms with Crippen molar-refractivity contribution in [1.82, 2.24) is 0 Å². The van der Waals surface area contributed by atoms with E-state index in [1.54, 1.807) is 0 Å². The molecule has 0 bridgehead atoms. The third-order valence-electron chi connectivity index (χ3n) is 4.43. The summed E-state index contributed by atoms with van der Waals surface area (Å²) in [6.45, 7) is 2.50. The molecule has 0 fully saturated rings. The zero-order valence-electron chi connectivity index (χ0n) is 14.6. The van der Waals surface area contributed by atoms with Crippen molar-refractivity contribution in [2.45, 2.75) is 13.0 Å². The second-order valence-electron chi connectivity index (χ2n) is 6.15. The summed E-state index contributed by atoms with van der Waals surface area (Å²) < 4.78 is 11.5. The van der Waals surface area contributed by atoms with Crippen molar-refractivity contribution in [3.8, 4) is 16.9 Å². The molecule has 1 atom stereocenters. The fraction of sp³-hybridized carbons (Fsp3) is 0.130. The average molecular weight is 344 g/mol. The van der Waals surface area contributed by atoms with Gasteiger partial charge in [0.15, 0.2) is 11.3 Å². The van der Waals surface area contributed by atoms with E-state index in [9.17, 15) is 5.11 Å². The maximum Gasteiger partial charge on any atom is 0.176 e. The van der Waals surface area contributed by atoms with Gasteiger partial charge in [0.2, 0.25) is 0 Å². The van der Waals surface area contributed by atoms with Crippen molar-refractivity contribution in [2.24, 2.45) is 0 Å². The van der Waals surface area contributed by atoms with Gasteiger partial charge in [0.25, 0.3) is 0 Å². The second-order valence-corrected chi connectivity index (χ2v) is 6.15. The Morgan fingerprint density at radius 1 is 0.885 bits per heavy atom. The molecular weight excluding hydrogens is 324 g/mol. The van der Waals surface area contributed by atoms with E-state index in [-0.39, 0.29) is 0 Å². The van der Waals surface area contributed by atoms with Crippen LogP contribution in [0.2, 0.25) is 0 Å². The number of aliphatic hydroxyl groups excluding tert-OH is 1. The maximum atomic E-state index is 10.7. The van der Waals surface area contributed by atoms with Gasteiger partial charge in [-0.25, -0.2) is 0 Å². The third kappa shape index (κ3) is 3.09. The highest BCUT2D eigenvalue weighted by atomic mass is 16.5. The van der Waals surface area contributed by atoms with Gasteiger partial charge in [-0.2, -0.15) is 0 Å². The molecular formula is C23H20O3. The number of furan rings is 1. The molecule has 0 amide bonds. The van der Waals surface area contributed by atoms with E-state index in [0.29, 0.717) is 23.7 Å². The molecule has 0 aliphatic carbocycles. The smallest absolute Gasteiger partial charge is 0.176 e. The molecule has 4 rings (SSSR count). The first-order valence-electron chi connectivity index (χ1n) is 8.75. The fourth-order valence-corrected chi connectivity index (χ4v) is 3.11. The Bertz CT molecular complexity index is 1000. The predicted octanol–water partition coefficient (Wildman–Crippen LogP) is 5.58. The van der Waals surface area contributed by atoms with Crippen LogP contribution in [0.25, 0.3) is 22.1 Å². The van der Waals surface area contributed by atoms with Crippen LogP contribution in [0.4, 0.5) is 0 Å². The molecule has 0 saturated heterocycles. The van der Waals surface area contributed by atoms with Gasteiger partial charge < -0.3 is 14.3 Å². The molecule has 1 heterocycles. The minimum Gasteiger partial charge on any atom is -0.490 e. The Labute approximate surface area is 152 Å². The van der Waals surface area contributed by atoms with E-state index in [1.165, 1.54) is 0 Å². The molecule has 1 unspecified atom stereocenters. The molecule has 4 aromatic rings. The van der Waals surface area contributed by atoms with Gasteiger partial charge in [0.1, 0.15) is 11.9 Å². The normalized spacial score (nSPS) is 12.2. The van der Waals surface area contributed by atoms with Crippen LogP contribution in [-0.2, 0) is 0 Å². The van der Waals surface area contributed by atoms with Crippen molar-refractivity contribution >= 4 is 11.0 Å². The summed E-state index contributed by atoms with van der Waals surface area (Å²) in [6, 6.07) is 25.7. The molecule has 3 heteroatoms. The number of para-hydroxylation sites is 1. The fourth-order valence-electron chi connectivity index (χ4n) is 3.11. The highest BCUT2D eigenvalue weighted by Gasteiger charge is 2.17. The van der Waals surface area contributed by atoms with Crippen LogP contribution in [0.5, 0.6) is 5.75 Å². The number of rotatable bonds is 5. The van der Waals surface area contributed by atoms with Crippen molar-refractivity contribution in [3.05, 3.63) is 90.2 Å². The van der Waals surface area contributed by atoms with Crippen molar-refractivity contribution < 1.29 is 14.3 Å². The van der Waals surface area contributed by atoms with E-state index < -0.39 is 6.10 Å². The summed E-state index contributed by atoms with van der Waals surface area (Å²) in [5.74, 6) is 1.21. The van der Waals surface area contributed by atoms with E-state index >= 15 is 0 Å². The largest absolute Gasteiger partial charge is 0.490 e. The third-order valence-corrected chi connectivity index (χ3v) is 4.43. The molecule has 0 aliphatic rings. The summed E-state index contributed by atoms with van der Waals surface area (Å²) in [6.07, 6.45) is -0.818. The minimum atomic E-state index is -0.818. The van der Waals surface area contributed by atoms with Crippen LogP contribution in [0.3, 0.4) is 0 Å². The lowest BCUT2D eigenvalue weighted by atomic mass is 10.0. The van der Waals surface area contributed by atoms with Crippen LogP contribution in [0.15, 0.2) is 83.3 Å². The molecule has 3 nitrogen and oxygen atoms in total. The quantitative estimate of drug-likeness (QED) is 0.514. The van der Waals surface area contributed by atoms with E-state index in [4.69, 9.17) is 9.15 Å². The lowest BCUT2D eigenvalue weighted by Gasteiger charge is -2.09. The van der Waals surface area contributed by atoms with Crippen LogP contribution >= 0.6 is 0 Å². The number of benzene rings is 3. The zero-order valence-corrected chi connectivity index (χ0v) is 14.6. The predicted molar refractivity (Wildman–Crippen MR) is 103 cm³/mol. The Morgan fingerprint density at radius 2 is 1.62 bits per heavy atom. The van der Waals surface area contributed by atoms with Crippen molar-refractivity contribution in [2.75, 3.05) is 6.61 Å². The average Bonchev–Trinajstić information content (AvgIpc) is 3.14. The first-order chi connectivity index (χ1) is 12.8. The van der Waals surface area contributed by atoms with Crippen molar-refractivity contribution in [3.63, 3.8) is 0 Å². The van der Waals surface area contributed by atoms with Crippen LogP contribution in [0, 0.1) is 0 Å². The first-order valence-corrected chi connectivity index (χ1v) is 8.75. The van der Waals surface area contributed by atoms with E-state index in [2.05, 4.69) is 12.1 Å². The number of fused-ring (bicyclic) bond motifs is 1. The molecule has 130 valence electrons. The summed E-state index contributed by atoms with van der Waals surface area (Å²) in [7, 11) is 0. The van der Waals surface area contributed by atoms with Gasteiger partial charge >= 0.3 is 0 Å². The molecule has 3 aromatic carbocycles. The summed E-state index contributed by atoms with van der Waals surface area (Å²) in [4.78, 5) is 0. The number of ether oxygens (including phenoxy) is 1. The SMILES string of the molecule is CCOc1cccc2cc(C(O)c3ccc(-c4ccccc4)cc3)oc12.